The molecule has 0 aliphatic heterocycles. The zero-order valence-electron chi connectivity index (χ0n) is 18.6. The fourth-order valence-electron chi connectivity index (χ4n) is 4.11. The summed E-state index contributed by atoms with van der Waals surface area (Å²) in [5.74, 6) is 0.304. The molecule has 0 spiro atoms. The lowest BCUT2D eigenvalue weighted by Crippen LogP contribution is -2.21. The number of hydrogen-bond acceptors (Lipinski definition) is 4. The predicted molar refractivity (Wildman–Crippen MR) is 124 cm³/mol. The summed E-state index contributed by atoms with van der Waals surface area (Å²) in [4.78, 5) is 23.8. The van der Waals surface area contributed by atoms with Gasteiger partial charge in [-0.1, -0.05) is 59.5 Å². The van der Waals surface area contributed by atoms with Gasteiger partial charge in [-0.3, -0.25) is 9.59 Å². The van der Waals surface area contributed by atoms with Gasteiger partial charge < -0.3 is 9.47 Å². The van der Waals surface area contributed by atoms with Gasteiger partial charge in [-0.15, -0.1) is 0 Å². The summed E-state index contributed by atoms with van der Waals surface area (Å²) in [5.41, 5.74) is 4.12. The maximum absolute atomic E-state index is 11.9. The van der Waals surface area contributed by atoms with Crippen molar-refractivity contribution in [1.82, 2.24) is 0 Å². The van der Waals surface area contributed by atoms with E-state index in [9.17, 15) is 9.59 Å². The Bertz CT molecular complexity index is 787. The summed E-state index contributed by atoms with van der Waals surface area (Å²) in [6, 6.07) is 3.87. The molecule has 1 aliphatic carbocycles. The molecule has 0 fully saturated rings. The van der Waals surface area contributed by atoms with Gasteiger partial charge in [0, 0.05) is 30.7 Å². The van der Waals surface area contributed by atoms with E-state index in [0.29, 0.717) is 11.5 Å². The SMILES string of the molecule is C=C(C)[C@@H]1CCC(CBr)=CC1c1c(OC(C)=O)cc(CCCCC)cc1OC(C)=O. The van der Waals surface area contributed by atoms with Crippen LogP contribution in [0.15, 0.2) is 35.9 Å². The molecular formula is C25H33BrO4. The molecule has 0 saturated carbocycles. The first kappa shape index (κ1) is 24.4. The minimum Gasteiger partial charge on any atom is -0.426 e. The highest BCUT2D eigenvalue weighted by atomic mass is 79.9. The number of hydrogen-bond donors (Lipinski definition) is 0. The van der Waals surface area contributed by atoms with Crippen LogP contribution in [0.5, 0.6) is 11.5 Å². The lowest BCUT2D eigenvalue weighted by Gasteiger charge is -2.33. The third-order valence-electron chi connectivity index (χ3n) is 5.50. The first-order chi connectivity index (χ1) is 14.3. The topological polar surface area (TPSA) is 52.6 Å². The molecule has 4 nitrogen and oxygen atoms in total. The van der Waals surface area contributed by atoms with Crippen LogP contribution in [0.1, 0.15) is 76.8 Å². The molecule has 0 heterocycles. The highest BCUT2D eigenvalue weighted by Gasteiger charge is 2.32. The van der Waals surface area contributed by atoms with Crippen LogP contribution in [-0.2, 0) is 16.0 Å². The molecule has 0 aromatic heterocycles. The van der Waals surface area contributed by atoms with Gasteiger partial charge in [0.15, 0.2) is 0 Å². The minimum absolute atomic E-state index is 0.0720. The highest BCUT2D eigenvalue weighted by Crippen LogP contribution is 2.47. The van der Waals surface area contributed by atoms with E-state index in [0.717, 1.165) is 60.6 Å². The van der Waals surface area contributed by atoms with Gasteiger partial charge in [-0.25, -0.2) is 0 Å². The first-order valence-corrected chi connectivity index (χ1v) is 11.8. The van der Waals surface area contributed by atoms with Gasteiger partial charge in [-0.2, -0.15) is 0 Å². The van der Waals surface area contributed by atoms with E-state index in [2.05, 4.69) is 35.5 Å². The normalized spacial score (nSPS) is 18.5. The Labute approximate surface area is 188 Å². The average Bonchev–Trinajstić information content (AvgIpc) is 2.66. The maximum atomic E-state index is 11.9. The fraction of sp³-hybridized carbons (Fsp3) is 0.520. The molecule has 1 unspecified atom stereocenters. The van der Waals surface area contributed by atoms with Crippen molar-refractivity contribution in [2.24, 2.45) is 5.92 Å². The van der Waals surface area contributed by atoms with E-state index in [1.54, 1.807) is 0 Å². The molecule has 1 aromatic rings. The number of aryl methyl sites for hydroxylation is 1. The van der Waals surface area contributed by atoms with Crippen molar-refractivity contribution in [2.45, 2.75) is 72.1 Å². The second-order valence-corrected chi connectivity index (χ2v) is 8.69. The Kier molecular flexibility index (Phi) is 9.35. The van der Waals surface area contributed by atoms with E-state index < -0.39 is 0 Å². The first-order valence-electron chi connectivity index (χ1n) is 10.7. The van der Waals surface area contributed by atoms with Crippen LogP contribution in [0.25, 0.3) is 0 Å². The van der Waals surface area contributed by atoms with Gasteiger partial charge in [0.2, 0.25) is 0 Å². The summed E-state index contributed by atoms with van der Waals surface area (Å²) >= 11 is 3.57. The number of esters is 2. The molecule has 30 heavy (non-hydrogen) atoms. The van der Waals surface area contributed by atoms with Gasteiger partial charge >= 0.3 is 11.9 Å². The fourth-order valence-corrected chi connectivity index (χ4v) is 4.58. The molecule has 0 bridgehead atoms. The molecule has 2 atom stereocenters. The van der Waals surface area contributed by atoms with Crippen LogP contribution >= 0.6 is 15.9 Å². The quantitative estimate of drug-likeness (QED) is 0.131. The van der Waals surface area contributed by atoms with Crippen LogP contribution < -0.4 is 9.47 Å². The standard InChI is InChI=1S/C25H33BrO4/c1-6-7-8-9-19-13-23(29-17(4)27)25(24(14-19)30-18(5)28)22-12-20(15-26)10-11-21(22)16(2)3/h12-14,21-22H,2,6-11,15H2,1,3-5H3/t21-,22?/m0/s1. The maximum Gasteiger partial charge on any atom is 0.308 e. The number of unbranched alkanes of at least 4 members (excludes halogenated alkanes) is 2. The van der Waals surface area contributed by atoms with E-state index in [1.807, 2.05) is 19.1 Å². The van der Waals surface area contributed by atoms with Crippen molar-refractivity contribution >= 4 is 27.9 Å². The van der Waals surface area contributed by atoms with Crippen molar-refractivity contribution in [3.63, 3.8) is 0 Å². The van der Waals surface area contributed by atoms with E-state index in [1.165, 1.54) is 19.4 Å². The Morgan fingerprint density at radius 1 is 1.10 bits per heavy atom. The molecule has 164 valence electrons. The molecule has 0 N–H and O–H groups in total. The second kappa shape index (κ2) is 11.5. The third-order valence-corrected chi connectivity index (χ3v) is 6.22. The average molecular weight is 477 g/mol. The van der Waals surface area contributed by atoms with Crippen molar-refractivity contribution in [3.05, 3.63) is 47.1 Å². The zero-order valence-corrected chi connectivity index (χ0v) is 20.1. The summed E-state index contributed by atoms with van der Waals surface area (Å²) in [7, 11) is 0. The zero-order chi connectivity index (χ0) is 22.3. The summed E-state index contributed by atoms with van der Waals surface area (Å²) in [6.45, 7) is 11.2. The van der Waals surface area contributed by atoms with Crippen LogP contribution in [0.4, 0.5) is 0 Å². The summed E-state index contributed by atoms with van der Waals surface area (Å²) in [6.07, 6.45) is 8.26. The molecule has 0 amide bonds. The van der Waals surface area contributed by atoms with Gasteiger partial charge in [0.05, 0.1) is 0 Å². The molecular weight excluding hydrogens is 444 g/mol. The minimum atomic E-state index is -0.386. The van der Waals surface area contributed by atoms with Gasteiger partial charge in [0.25, 0.3) is 0 Å². The Morgan fingerprint density at radius 2 is 1.70 bits per heavy atom. The Morgan fingerprint density at radius 3 is 2.17 bits per heavy atom. The second-order valence-electron chi connectivity index (χ2n) is 8.13. The molecule has 5 heteroatoms. The summed E-state index contributed by atoms with van der Waals surface area (Å²) in [5, 5.41) is 0.785. The van der Waals surface area contributed by atoms with E-state index in [-0.39, 0.29) is 23.8 Å². The van der Waals surface area contributed by atoms with Gasteiger partial charge in [-0.05, 0) is 56.2 Å². The van der Waals surface area contributed by atoms with Crippen LogP contribution in [0.2, 0.25) is 0 Å². The molecule has 0 radical (unpaired) electrons. The number of benzene rings is 1. The molecule has 1 aromatic carbocycles. The number of carbonyl (C=O) groups excluding carboxylic acids is 2. The lowest BCUT2D eigenvalue weighted by atomic mass is 9.73. The number of carbonyl (C=O) groups is 2. The Hall–Kier alpha value is -1.88. The smallest absolute Gasteiger partial charge is 0.308 e. The largest absolute Gasteiger partial charge is 0.426 e. The predicted octanol–water partition coefficient (Wildman–Crippen LogP) is 6.66. The summed E-state index contributed by atoms with van der Waals surface area (Å²) < 4.78 is 11.3. The number of alkyl halides is 1. The molecule has 2 rings (SSSR count). The van der Waals surface area contributed by atoms with Gasteiger partial charge in [0.1, 0.15) is 11.5 Å². The number of allylic oxidation sites excluding steroid dienone is 3. The van der Waals surface area contributed by atoms with Crippen molar-refractivity contribution in [3.8, 4) is 11.5 Å². The van der Waals surface area contributed by atoms with Crippen molar-refractivity contribution in [2.75, 3.05) is 5.33 Å². The Balaban J connectivity index is 2.66. The number of ether oxygens (including phenoxy) is 2. The van der Waals surface area contributed by atoms with Crippen LogP contribution in [-0.4, -0.2) is 17.3 Å². The van der Waals surface area contributed by atoms with E-state index >= 15 is 0 Å². The van der Waals surface area contributed by atoms with E-state index in [4.69, 9.17) is 9.47 Å². The molecule has 0 saturated heterocycles. The van der Waals surface area contributed by atoms with Crippen LogP contribution in [0.3, 0.4) is 0 Å². The third kappa shape index (κ3) is 6.56. The number of halogens is 1. The molecule has 1 aliphatic rings. The number of rotatable bonds is 9. The van der Waals surface area contributed by atoms with Crippen molar-refractivity contribution < 1.29 is 19.1 Å². The lowest BCUT2D eigenvalue weighted by molar-refractivity contribution is -0.132. The van der Waals surface area contributed by atoms with Crippen LogP contribution in [0, 0.1) is 5.92 Å². The van der Waals surface area contributed by atoms with Crippen molar-refractivity contribution in [1.29, 1.82) is 0 Å². The highest BCUT2D eigenvalue weighted by molar-refractivity contribution is 9.09. The monoisotopic (exact) mass is 476 g/mol.